The summed E-state index contributed by atoms with van der Waals surface area (Å²) < 4.78 is 27.4. The van der Waals surface area contributed by atoms with Gasteiger partial charge in [0.2, 0.25) is 0 Å². The van der Waals surface area contributed by atoms with Gasteiger partial charge in [-0.05, 0) is 42.2 Å². The molecule has 6 heteroatoms. The monoisotopic (exact) mass is 360 g/mol. The van der Waals surface area contributed by atoms with Gasteiger partial charge >= 0.3 is 0 Å². The quantitative estimate of drug-likeness (QED) is 0.902. The van der Waals surface area contributed by atoms with Crippen molar-refractivity contribution >= 4 is 5.91 Å². The molecule has 0 atom stereocenters. The molecule has 0 saturated heterocycles. The number of aryl methyl sites for hydroxylation is 1. The van der Waals surface area contributed by atoms with E-state index in [1.54, 1.807) is 25.3 Å². The van der Waals surface area contributed by atoms with Crippen molar-refractivity contribution in [3.05, 3.63) is 63.6 Å². The lowest BCUT2D eigenvalue weighted by Gasteiger charge is -2.35. The largest absolute Gasteiger partial charge is 0.349 e. The van der Waals surface area contributed by atoms with Gasteiger partial charge in [-0.15, -0.1) is 0 Å². The maximum atomic E-state index is 13.0. The Hall–Kier alpha value is -2.50. The van der Waals surface area contributed by atoms with E-state index in [4.69, 9.17) is 0 Å². The molecular formula is C20H22F2N2O2. The van der Waals surface area contributed by atoms with Crippen LogP contribution in [-0.2, 0) is 0 Å². The fraction of sp³-hybridized carbons (Fsp3) is 0.400. The van der Waals surface area contributed by atoms with E-state index in [0.717, 1.165) is 5.56 Å². The zero-order chi connectivity index (χ0) is 19.1. The molecule has 0 radical (unpaired) electrons. The molecule has 1 amide bonds. The number of halogens is 2. The van der Waals surface area contributed by atoms with E-state index in [-0.39, 0.29) is 18.4 Å². The van der Waals surface area contributed by atoms with Crippen molar-refractivity contribution in [1.29, 1.82) is 0 Å². The van der Waals surface area contributed by atoms with Gasteiger partial charge in [0.05, 0.1) is 0 Å². The van der Waals surface area contributed by atoms with E-state index < -0.39 is 23.4 Å². The minimum absolute atomic E-state index is 0.00216. The number of nitrogens with one attached hydrogen (secondary N) is 1. The van der Waals surface area contributed by atoms with Crippen LogP contribution in [0.15, 0.2) is 41.3 Å². The van der Waals surface area contributed by atoms with Crippen molar-refractivity contribution in [1.82, 2.24) is 9.88 Å². The van der Waals surface area contributed by atoms with Crippen molar-refractivity contribution in [2.24, 2.45) is 0 Å². The first-order chi connectivity index (χ1) is 12.2. The number of pyridine rings is 1. The molecule has 1 heterocycles. The summed E-state index contributed by atoms with van der Waals surface area (Å²) in [5.74, 6) is -3.01. The van der Waals surface area contributed by atoms with Crippen molar-refractivity contribution in [2.75, 3.05) is 0 Å². The summed E-state index contributed by atoms with van der Waals surface area (Å²) in [4.78, 5) is 25.4. The molecule has 1 aromatic heterocycles. The first-order valence-corrected chi connectivity index (χ1v) is 8.69. The summed E-state index contributed by atoms with van der Waals surface area (Å²) in [6, 6.07) is 8.67. The average molecular weight is 360 g/mol. The number of carbonyl (C=O) groups is 1. The summed E-state index contributed by atoms with van der Waals surface area (Å²) in [5.41, 5.74) is 1.82. The zero-order valence-corrected chi connectivity index (χ0v) is 15.1. The van der Waals surface area contributed by atoms with Gasteiger partial charge in [-0.25, -0.2) is 8.78 Å². The lowest BCUT2D eigenvalue weighted by atomic mass is 9.88. The molecule has 4 nitrogen and oxygen atoms in total. The summed E-state index contributed by atoms with van der Waals surface area (Å²) in [5, 5.41) is 2.55. The van der Waals surface area contributed by atoms with Gasteiger partial charge in [0.25, 0.3) is 17.4 Å². The molecule has 0 aliphatic heterocycles. The number of hydrogen-bond acceptors (Lipinski definition) is 2. The van der Waals surface area contributed by atoms with Crippen LogP contribution >= 0.6 is 0 Å². The topological polar surface area (TPSA) is 51.1 Å². The highest BCUT2D eigenvalue weighted by atomic mass is 19.3. The molecule has 2 aromatic rings. The molecule has 1 aliphatic rings. The third kappa shape index (κ3) is 3.54. The van der Waals surface area contributed by atoms with Crippen molar-refractivity contribution < 1.29 is 13.6 Å². The number of rotatable bonds is 4. The SMILES string of the molecule is Cc1ccn(-c2cccc(C(C)C)c2)c(=O)c1C(=O)NC1CC(F)(F)C1. The molecule has 1 aliphatic carbocycles. The van der Waals surface area contributed by atoms with Crippen LogP contribution in [0.1, 0.15) is 54.1 Å². The highest BCUT2D eigenvalue weighted by molar-refractivity contribution is 5.95. The Bertz CT molecular complexity index is 895. The smallest absolute Gasteiger partial charge is 0.268 e. The van der Waals surface area contributed by atoms with Gasteiger partial charge in [-0.1, -0.05) is 26.0 Å². The Kier molecular flexibility index (Phi) is 4.69. The van der Waals surface area contributed by atoms with Crippen molar-refractivity contribution in [3.63, 3.8) is 0 Å². The fourth-order valence-corrected chi connectivity index (χ4v) is 3.16. The van der Waals surface area contributed by atoms with Crippen LogP contribution in [0, 0.1) is 6.92 Å². The summed E-state index contributed by atoms with van der Waals surface area (Å²) >= 11 is 0. The predicted molar refractivity (Wildman–Crippen MR) is 96.3 cm³/mol. The van der Waals surface area contributed by atoms with E-state index in [1.807, 2.05) is 18.2 Å². The second-order valence-electron chi connectivity index (χ2n) is 7.23. The van der Waals surface area contributed by atoms with Gasteiger partial charge in [0.1, 0.15) is 5.56 Å². The maximum Gasteiger partial charge on any atom is 0.268 e. The van der Waals surface area contributed by atoms with Gasteiger partial charge in [-0.2, -0.15) is 0 Å². The van der Waals surface area contributed by atoms with Crippen molar-refractivity contribution in [3.8, 4) is 5.69 Å². The molecular weight excluding hydrogens is 338 g/mol. The second kappa shape index (κ2) is 6.67. The van der Waals surface area contributed by atoms with Crippen LogP contribution in [0.2, 0.25) is 0 Å². The number of benzene rings is 1. The van der Waals surface area contributed by atoms with E-state index >= 15 is 0 Å². The van der Waals surface area contributed by atoms with Crippen LogP contribution in [-0.4, -0.2) is 22.4 Å². The van der Waals surface area contributed by atoms with Crippen LogP contribution in [0.5, 0.6) is 0 Å². The third-order valence-corrected chi connectivity index (χ3v) is 4.77. The van der Waals surface area contributed by atoms with Crippen LogP contribution < -0.4 is 10.9 Å². The second-order valence-corrected chi connectivity index (χ2v) is 7.23. The van der Waals surface area contributed by atoms with E-state index in [2.05, 4.69) is 19.2 Å². The Morgan fingerprint density at radius 2 is 1.96 bits per heavy atom. The summed E-state index contributed by atoms with van der Waals surface area (Å²) in [7, 11) is 0. The summed E-state index contributed by atoms with van der Waals surface area (Å²) in [6.07, 6.45) is 0.871. The number of carbonyl (C=O) groups excluding carboxylic acids is 1. The van der Waals surface area contributed by atoms with E-state index in [0.29, 0.717) is 17.2 Å². The molecule has 26 heavy (non-hydrogen) atoms. The van der Waals surface area contributed by atoms with Crippen LogP contribution in [0.4, 0.5) is 8.78 Å². The minimum Gasteiger partial charge on any atom is -0.349 e. The zero-order valence-electron chi connectivity index (χ0n) is 15.1. The Balaban J connectivity index is 1.93. The lowest BCUT2D eigenvalue weighted by Crippen LogP contribution is -2.51. The number of amides is 1. The lowest BCUT2D eigenvalue weighted by molar-refractivity contribution is -0.0901. The third-order valence-electron chi connectivity index (χ3n) is 4.77. The predicted octanol–water partition coefficient (Wildman–Crippen LogP) is 3.80. The molecule has 0 unspecified atom stereocenters. The van der Waals surface area contributed by atoms with Crippen molar-refractivity contribution in [2.45, 2.75) is 51.5 Å². The minimum atomic E-state index is -2.72. The molecule has 3 rings (SSSR count). The van der Waals surface area contributed by atoms with Crippen LogP contribution in [0.3, 0.4) is 0 Å². The number of nitrogens with zero attached hydrogens (tertiary/aromatic N) is 1. The first kappa shape index (κ1) is 18.3. The maximum absolute atomic E-state index is 13.0. The van der Waals surface area contributed by atoms with E-state index in [9.17, 15) is 18.4 Å². The number of aromatic nitrogens is 1. The van der Waals surface area contributed by atoms with E-state index in [1.165, 1.54) is 4.57 Å². The molecule has 138 valence electrons. The first-order valence-electron chi connectivity index (χ1n) is 8.69. The highest BCUT2D eigenvalue weighted by Gasteiger charge is 2.46. The molecule has 0 bridgehead atoms. The highest BCUT2D eigenvalue weighted by Crippen LogP contribution is 2.37. The van der Waals surface area contributed by atoms with Gasteiger partial charge in [-0.3, -0.25) is 14.2 Å². The number of hydrogen-bond donors (Lipinski definition) is 1. The molecule has 1 N–H and O–H groups in total. The molecule has 1 fully saturated rings. The van der Waals surface area contributed by atoms with Gasteiger partial charge < -0.3 is 5.32 Å². The average Bonchev–Trinajstić information content (AvgIpc) is 2.53. The Morgan fingerprint density at radius 3 is 2.58 bits per heavy atom. The fourth-order valence-electron chi connectivity index (χ4n) is 3.16. The van der Waals surface area contributed by atoms with Gasteiger partial charge in [0, 0.05) is 30.8 Å². The molecule has 0 spiro atoms. The number of alkyl halides is 2. The normalized spacial score (nSPS) is 16.4. The summed E-state index contributed by atoms with van der Waals surface area (Å²) in [6.45, 7) is 5.79. The molecule has 1 saturated carbocycles. The molecule has 1 aromatic carbocycles. The Morgan fingerprint density at radius 1 is 1.27 bits per heavy atom. The standard InChI is InChI=1S/C20H22F2N2O2/c1-12(2)14-5-4-6-16(9-14)24-8-7-13(3)17(19(24)26)18(25)23-15-10-20(21,22)11-15/h4-9,12,15H,10-11H2,1-3H3,(H,23,25). The van der Waals surface area contributed by atoms with Gasteiger partial charge in [0.15, 0.2) is 0 Å². The Labute approximate surface area is 150 Å². The van der Waals surface area contributed by atoms with Crippen LogP contribution in [0.25, 0.3) is 5.69 Å².